The summed E-state index contributed by atoms with van der Waals surface area (Å²) < 4.78 is 7.96. The van der Waals surface area contributed by atoms with Gasteiger partial charge in [0.2, 0.25) is 0 Å². The summed E-state index contributed by atoms with van der Waals surface area (Å²) in [7, 11) is 0. The third-order valence-corrected chi connectivity index (χ3v) is 4.98. The van der Waals surface area contributed by atoms with Crippen LogP contribution in [0.3, 0.4) is 0 Å². The van der Waals surface area contributed by atoms with Crippen molar-refractivity contribution in [2.24, 2.45) is 0 Å². The first-order valence-electron chi connectivity index (χ1n) is 8.56. The van der Waals surface area contributed by atoms with Crippen LogP contribution >= 0.6 is 23.2 Å². The first kappa shape index (κ1) is 18.0. The summed E-state index contributed by atoms with van der Waals surface area (Å²) in [6.45, 7) is 1.42. The van der Waals surface area contributed by atoms with E-state index in [1.807, 2.05) is 30.5 Å². The van der Waals surface area contributed by atoms with Crippen LogP contribution in [0.15, 0.2) is 54.7 Å². The molecule has 0 saturated carbocycles. The number of carbonyl (C=O) groups excluding carboxylic acids is 1. The highest BCUT2D eigenvalue weighted by Gasteiger charge is 2.23. The van der Waals surface area contributed by atoms with Crippen LogP contribution in [0, 0.1) is 0 Å². The third kappa shape index (κ3) is 4.00. The van der Waals surface area contributed by atoms with E-state index in [4.69, 9.17) is 27.9 Å². The zero-order chi connectivity index (χ0) is 18.8. The van der Waals surface area contributed by atoms with Crippen molar-refractivity contribution in [1.82, 2.24) is 14.9 Å². The molecule has 4 rings (SSSR count). The van der Waals surface area contributed by atoms with E-state index in [9.17, 15) is 4.79 Å². The molecule has 2 heterocycles. The molecule has 0 unspecified atom stereocenters. The normalized spacial score (nSPS) is 16.0. The second kappa shape index (κ2) is 7.72. The Morgan fingerprint density at radius 1 is 1.19 bits per heavy atom. The predicted molar refractivity (Wildman–Crippen MR) is 105 cm³/mol. The topological polar surface area (TPSA) is 56.2 Å². The van der Waals surface area contributed by atoms with E-state index in [-0.39, 0.29) is 12.0 Å². The highest BCUT2D eigenvalue weighted by Crippen LogP contribution is 2.26. The number of nitrogens with zero attached hydrogens (tertiary/aromatic N) is 2. The number of halogens is 2. The highest BCUT2D eigenvalue weighted by atomic mass is 35.5. The lowest BCUT2D eigenvalue weighted by molar-refractivity contribution is 0.00374. The van der Waals surface area contributed by atoms with Gasteiger partial charge in [-0.3, -0.25) is 4.79 Å². The van der Waals surface area contributed by atoms with E-state index in [2.05, 4.69) is 14.9 Å². The number of aromatic nitrogens is 2. The van der Waals surface area contributed by atoms with Crippen LogP contribution in [0.2, 0.25) is 10.0 Å². The molecule has 1 aromatic heterocycles. The maximum Gasteiger partial charge on any atom is 0.251 e. The van der Waals surface area contributed by atoms with Crippen LogP contribution < -0.4 is 5.32 Å². The Bertz CT molecular complexity index is 970. The van der Waals surface area contributed by atoms with Crippen LogP contribution in [0.4, 0.5) is 0 Å². The van der Waals surface area contributed by atoms with Crippen molar-refractivity contribution in [3.63, 3.8) is 0 Å². The first-order valence-corrected chi connectivity index (χ1v) is 9.31. The summed E-state index contributed by atoms with van der Waals surface area (Å²) in [5, 5.41) is 4.20. The Hall–Kier alpha value is -2.34. The van der Waals surface area contributed by atoms with Gasteiger partial charge >= 0.3 is 0 Å². The molecule has 0 saturated heterocycles. The molecule has 1 atom stereocenters. The summed E-state index contributed by atoms with van der Waals surface area (Å²) in [5.74, 6) is 0.715. The number of fused-ring (bicyclic) bond motifs is 1. The van der Waals surface area contributed by atoms with Gasteiger partial charge in [0.05, 0.1) is 24.5 Å². The molecule has 0 bridgehead atoms. The number of hydrogen-bond acceptors (Lipinski definition) is 3. The molecule has 3 aromatic rings. The van der Waals surface area contributed by atoms with Gasteiger partial charge in [-0.2, -0.15) is 0 Å². The smallest absolute Gasteiger partial charge is 0.251 e. The fraction of sp³-hybridized carbons (Fsp3) is 0.200. The van der Waals surface area contributed by atoms with Gasteiger partial charge in [0.15, 0.2) is 0 Å². The Morgan fingerprint density at radius 2 is 2.00 bits per heavy atom. The van der Waals surface area contributed by atoms with Crippen molar-refractivity contribution >= 4 is 29.1 Å². The highest BCUT2D eigenvalue weighted by molar-refractivity contribution is 6.31. The van der Waals surface area contributed by atoms with E-state index >= 15 is 0 Å². The van der Waals surface area contributed by atoms with E-state index < -0.39 is 0 Å². The standard InChI is InChI=1S/C20H17Cl2N3O2/c21-15-6-4-13(5-7-15)20(26)24-9-17-11-25-18(10-23-19(25)12-27-17)14-2-1-3-16(22)8-14/h1-8,10,17H,9,11-12H2,(H,24,26)/t17-/m0/s1. The Labute approximate surface area is 166 Å². The summed E-state index contributed by atoms with van der Waals surface area (Å²) in [6, 6.07) is 14.5. The number of ether oxygens (including phenoxy) is 1. The van der Waals surface area contributed by atoms with Crippen LogP contribution in [0.5, 0.6) is 0 Å². The van der Waals surface area contributed by atoms with Crippen LogP contribution in [0.1, 0.15) is 16.2 Å². The molecule has 1 N–H and O–H groups in total. The average Bonchev–Trinajstić information content (AvgIpc) is 3.10. The van der Waals surface area contributed by atoms with Gasteiger partial charge in [-0.15, -0.1) is 0 Å². The van der Waals surface area contributed by atoms with Gasteiger partial charge in [-0.25, -0.2) is 4.98 Å². The quantitative estimate of drug-likeness (QED) is 0.712. The Balaban J connectivity index is 1.44. The fourth-order valence-electron chi connectivity index (χ4n) is 3.09. The van der Waals surface area contributed by atoms with Crippen molar-refractivity contribution in [1.29, 1.82) is 0 Å². The molecule has 0 aliphatic carbocycles. The zero-order valence-electron chi connectivity index (χ0n) is 14.4. The van der Waals surface area contributed by atoms with Crippen molar-refractivity contribution in [2.45, 2.75) is 19.3 Å². The summed E-state index contributed by atoms with van der Waals surface area (Å²) in [5.41, 5.74) is 2.56. The second-order valence-electron chi connectivity index (χ2n) is 6.33. The number of imidazole rings is 1. The minimum absolute atomic E-state index is 0.138. The molecule has 5 nitrogen and oxygen atoms in total. The van der Waals surface area contributed by atoms with Crippen molar-refractivity contribution < 1.29 is 9.53 Å². The SMILES string of the molecule is O=C(NC[C@H]1Cn2c(-c3cccc(Cl)c3)cnc2CO1)c1ccc(Cl)cc1. The van der Waals surface area contributed by atoms with Crippen molar-refractivity contribution in [2.75, 3.05) is 6.54 Å². The maximum absolute atomic E-state index is 12.3. The minimum atomic E-state index is -0.151. The van der Waals surface area contributed by atoms with Gasteiger partial charge in [-0.1, -0.05) is 35.3 Å². The molecule has 1 aliphatic heterocycles. The molecular weight excluding hydrogens is 385 g/mol. The van der Waals surface area contributed by atoms with Gasteiger partial charge in [0, 0.05) is 27.7 Å². The lowest BCUT2D eigenvalue weighted by atomic mass is 10.1. The van der Waals surface area contributed by atoms with E-state index in [0.717, 1.165) is 17.1 Å². The lowest BCUT2D eigenvalue weighted by Crippen LogP contribution is -2.39. The number of benzene rings is 2. The van der Waals surface area contributed by atoms with Crippen molar-refractivity contribution in [3.8, 4) is 11.3 Å². The number of nitrogens with one attached hydrogen (secondary N) is 1. The number of amides is 1. The van der Waals surface area contributed by atoms with E-state index in [1.165, 1.54) is 0 Å². The molecule has 138 valence electrons. The second-order valence-corrected chi connectivity index (χ2v) is 7.20. The summed E-state index contributed by atoms with van der Waals surface area (Å²) in [6.07, 6.45) is 1.69. The molecule has 1 aliphatic rings. The van der Waals surface area contributed by atoms with Crippen LogP contribution in [-0.4, -0.2) is 28.1 Å². The van der Waals surface area contributed by atoms with Gasteiger partial charge in [0.1, 0.15) is 12.4 Å². The molecule has 0 radical (unpaired) electrons. The molecule has 0 spiro atoms. The number of hydrogen-bond donors (Lipinski definition) is 1. The van der Waals surface area contributed by atoms with E-state index in [1.54, 1.807) is 24.3 Å². The molecular formula is C20H17Cl2N3O2. The fourth-order valence-corrected chi connectivity index (χ4v) is 3.41. The third-order valence-electron chi connectivity index (χ3n) is 4.49. The summed E-state index contributed by atoms with van der Waals surface area (Å²) in [4.78, 5) is 16.7. The average molecular weight is 402 g/mol. The largest absolute Gasteiger partial charge is 0.367 e. The van der Waals surface area contributed by atoms with Gasteiger partial charge in [0.25, 0.3) is 5.91 Å². The summed E-state index contributed by atoms with van der Waals surface area (Å²) >= 11 is 12.0. The monoisotopic (exact) mass is 401 g/mol. The van der Waals surface area contributed by atoms with Crippen molar-refractivity contribution in [3.05, 3.63) is 76.2 Å². The van der Waals surface area contributed by atoms with Gasteiger partial charge in [-0.05, 0) is 36.4 Å². The maximum atomic E-state index is 12.3. The predicted octanol–water partition coefficient (Wildman–Crippen LogP) is 4.19. The zero-order valence-corrected chi connectivity index (χ0v) is 15.9. The van der Waals surface area contributed by atoms with Crippen LogP contribution in [-0.2, 0) is 17.9 Å². The lowest BCUT2D eigenvalue weighted by Gasteiger charge is -2.26. The number of rotatable bonds is 4. The Morgan fingerprint density at radius 3 is 2.78 bits per heavy atom. The molecule has 2 aromatic carbocycles. The molecule has 0 fully saturated rings. The minimum Gasteiger partial charge on any atom is -0.367 e. The number of carbonyl (C=O) groups is 1. The molecule has 7 heteroatoms. The van der Waals surface area contributed by atoms with E-state index in [0.29, 0.717) is 35.3 Å². The molecule has 1 amide bonds. The Kier molecular flexibility index (Phi) is 5.16. The molecule has 27 heavy (non-hydrogen) atoms. The first-order chi connectivity index (χ1) is 13.1. The van der Waals surface area contributed by atoms with Gasteiger partial charge < -0.3 is 14.6 Å². The van der Waals surface area contributed by atoms with Crippen LogP contribution in [0.25, 0.3) is 11.3 Å².